The summed E-state index contributed by atoms with van der Waals surface area (Å²) in [6.45, 7) is 0. The molecule has 1 atom stereocenters. The van der Waals surface area contributed by atoms with Crippen LogP contribution >= 0.6 is 12.2 Å². The molecule has 15 heavy (non-hydrogen) atoms. The molecule has 0 bridgehead atoms. The number of fused-ring (bicyclic) bond motifs is 1. The van der Waals surface area contributed by atoms with Gasteiger partial charge >= 0.3 is 4.84 Å². The topological polar surface area (TPSA) is 41.8 Å². The molecule has 3 nitrogen and oxygen atoms in total. The maximum absolute atomic E-state index is 4.97. The van der Waals surface area contributed by atoms with Gasteiger partial charge in [0.2, 0.25) is 0 Å². The predicted octanol–water partition coefficient (Wildman–Crippen LogP) is 2.81. The molecule has 0 saturated heterocycles. The van der Waals surface area contributed by atoms with Crippen molar-refractivity contribution in [3.63, 3.8) is 0 Å². The molecule has 1 unspecified atom stereocenters. The van der Waals surface area contributed by atoms with E-state index in [1.165, 1.54) is 11.1 Å². The first-order valence-corrected chi connectivity index (χ1v) is 5.38. The van der Waals surface area contributed by atoms with Crippen molar-refractivity contribution in [2.24, 2.45) is 0 Å². The second kappa shape index (κ2) is 3.31. The highest BCUT2D eigenvalue weighted by molar-refractivity contribution is 7.71. The van der Waals surface area contributed by atoms with Crippen LogP contribution in [0.4, 0.5) is 0 Å². The third-order valence-electron chi connectivity index (χ3n) is 2.92. The Kier molecular flexibility index (Phi) is 1.95. The number of nitrogens with one attached hydrogen (secondary N) is 1. The average Bonchev–Trinajstić information content (AvgIpc) is 2.83. The first-order valence-electron chi connectivity index (χ1n) is 4.98. The summed E-state index contributed by atoms with van der Waals surface area (Å²) in [7, 11) is 0. The van der Waals surface area contributed by atoms with E-state index in [0.29, 0.717) is 5.92 Å². The molecule has 1 aromatic carbocycles. The largest absolute Gasteiger partial charge is 0.348 e. The van der Waals surface area contributed by atoms with Crippen LogP contribution in [0.2, 0.25) is 0 Å². The van der Waals surface area contributed by atoms with Crippen molar-refractivity contribution in [3.05, 3.63) is 46.1 Å². The number of aryl methyl sites for hydroxylation is 1. The third kappa shape index (κ3) is 1.41. The highest BCUT2D eigenvalue weighted by Gasteiger charge is 2.25. The number of rotatable bonds is 1. The zero-order valence-corrected chi connectivity index (χ0v) is 8.88. The fourth-order valence-corrected chi connectivity index (χ4v) is 2.37. The summed E-state index contributed by atoms with van der Waals surface area (Å²) in [5.74, 6) is 1.17. The average molecular weight is 218 g/mol. The van der Waals surface area contributed by atoms with E-state index in [1.54, 1.807) is 0 Å². The Bertz CT molecular complexity index is 543. The van der Waals surface area contributed by atoms with Crippen LogP contribution in [0.15, 0.2) is 28.8 Å². The van der Waals surface area contributed by atoms with E-state index in [-0.39, 0.29) is 4.84 Å². The third-order valence-corrected chi connectivity index (χ3v) is 3.09. The van der Waals surface area contributed by atoms with Crippen LogP contribution < -0.4 is 0 Å². The van der Waals surface area contributed by atoms with E-state index in [4.69, 9.17) is 16.7 Å². The van der Waals surface area contributed by atoms with Crippen molar-refractivity contribution in [1.29, 1.82) is 0 Å². The van der Waals surface area contributed by atoms with Crippen LogP contribution in [0.3, 0.4) is 0 Å². The summed E-state index contributed by atoms with van der Waals surface area (Å²) >= 11 is 4.86. The summed E-state index contributed by atoms with van der Waals surface area (Å²) < 4.78 is 4.97. The van der Waals surface area contributed by atoms with Crippen LogP contribution in [-0.2, 0) is 6.42 Å². The van der Waals surface area contributed by atoms with E-state index in [2.05, 4.69) is 34.4 Å². The zero-order chi connectivity index (χ0) is 10.3. The molecule has 0 radical (unpaired) electrons. The highest BCUT2D eigenvalue weighted by Crippen LogP contribution is 2.36. The molecule has 4 heteroatoms. The maximum Gasteiger partial charge on any atom is 0.314 e. The molecule has 0 fully saturated rings. The Hall–Kier alpha value is -1.42. The van der Waals surface area contributed by atoms with Crippen LogP contribution in [-0.4, -0.2) is 10.1 Å². The lowest BCUT2D eigenvalue weighted by atomic mass is 10.0. The van der Waals surface area contributed by atoms with E-state index in [9.17, 15) is 0 Å². The van der Waals surface area contributed by atoms with Gasteiger partial charge in [0.15, 0.2) is 0 Å². The van der Waals surface area contributed by atoms with Gasteiger partial charge in [0, 0.05) is 5.92 Å². The van der Waals surface area contributed by atoms with Crippen LogP contribution in [0, 0.1) is 4.84 Å². The molecule has 0 amide bonds. The van der Waals surface area contributed by atoms with Gasteiger partial charge in [0.1, 0.15) is 5.82 Å². The number of hydrogen-bond acceptors (Lipinski definition) is 3. The van der Waals surface area contributed by atoms with Crippen molar-refractivity contribution in [2.75, 3.05) is 0 Å². The Morgan fingerprint density at radius 2 is 2.27 bits per heavy atom. The molecule has 76 valence electrons. The molecule has 2 aromatic rings. The summed E-state index contributed by atoms with van der Waals surface area (Å²) in [6.07, 6.45) is 2.19. The van der Waals surface area contributed by atoms with E-state index in [0.717, 1.165) is 18.7 Å². The lowest BCUT2D eigenvalue weighted by molar-refractivity contribution is 0.395. The first-order chi connectivity index (χ1) is 7.34. The normalized spacial score (nSPS) is 19.1. The van der Waals surface area contributed by atoms with Crippen LogP contribution in [0.1, 0.15) is 29.3 Å². The van der Waals surface area contributed by atoms with E-state index in [1.807, 2.05) is 0 Å². The molecule has 1 aliphatic carbocycles. The molecular weight excluding hydrogens is 208 g/mol. The predicted molar refractivity (Wildman–Crippen MR) is 58.3 cm³/mol. The molecule has 0 spiro atoms. The van der Waals surface area contributed by atoms with Crippen LogP contribution in [0.5, 0.6) is 0 Å². The fraction of sp³-hybridized carbons (Fsp3) is 0.273. The van der Waals surface area contributed by atoms with E-state index < -0.39 is 0 Å². The smallest absolute Gasteiger partial charge is 0.314 e. The minimum Gasteiger partial charge on any atom is -0.348 e. The molecule has 3 rings (SSSR count). The number of hydrogen-bond donors (Lipinski definition) is 1. The second-order valence-corrected chi connectivity index (χ2v) is 4.11. The van der Waals surface area contributed by atoms with Gasteiger partial charge < -0.3 is 4.52 Å². The number of benzene rings is 1. The number of nitrogens with zero attached hydrogens (tertiary/aromatic N) is 1. The number of aromatic nitrogens is 2. The zero-order valence-electron chi connectivity index (χ0n) is 8.06. The minimum atomic E-state index is 0.286. The molecule has 1 heterocycles. The number of aromatic amines is 1. The molecule has 1 N–H and O–H groups in total. The summed E-state index contributed by atoms with van der Waals surface area (Å²) in [6, 6.07) is 8.46. The molecule has 1 aromatic heterocycles. The molecule has 0 aliphatic heterocycles. The van der Waals surface area contributed by atoms with Crippen molar-refractivity contribution in [3.8, 4) is 0 Å². The SMILES string of the molecule is S=c1nc(C2CCc3ccccc32)[nH]o1. The summed E-state index contributed by atoms with van der Waals surface area (Å²) in [5, 5.41) is 2.80. The number of H-pyrrole nitrogens is 1. The first kappa shape index (κ1) is 8.85. The molecule has 0 saturated carbocycles. The summed E-state index contributed by atoms with van der Waals surface area (Å²) in [5.41, 5.74) is 2.75. The maximum atomic E-state index is 4.97. The van der Waals surface area contributed by atoms with Crippen molar-refractivity contribution in [2.45, 2.75) is 18.8 Å². The molecule has 1 aliphatic rings. The Balaban J connectivity index is 2.07. The standard InChI is InChI=1S/C11H10N2OS/c15-11-12-10(13-14-11)9-6-5-7-3-1-2-4-8(7)9/h1-4,9H,5-6H2,(H,12,13,15). The van der Waals surface area contributed by atoms with Gasteiger partial charge in [-0.2, -0.15) is 4.98 Å². The lowest BCUT2D eigenvalue weighted by Gasteiger charge is -2.06. The van der Waals surface area contributed by atoms with Gasteiger partial charge in [-0.15, -0.1) is 0 Å². The van der Waals surface area contributed by atoms with Gasteiger partial charge in [0.05, 0.1) is 0 Å². The van der Waals surface area contributed by atoms with Gasteiger partial charge in [-0.1, -0.05) is 24.3 Å². The lowest BCUT2D eigenvalue weighted by Crippen LogP contribution is -1.98. The second-order valence-electron chi connectivity index (χ2n) is 3.76. The van der Waals surface area contributed by atoms with E-state index >= 15 is 0 Å². The Morgan fingerprint density at radius 1 is 1.40 bits per heavy atom. The van der Waals surface area contributed by atoms with Gasteiger partial charge in [0.25, 0.3) is 0 Å². The van der Waals surface area contributed by atoms with Crippen LogP contribution in [0.25, 0.3) is 0 Å². The van der Waals surface area contributed by atoms with Crippen molar-refractivity contribution < 1.29 is 4.52 Å². The molecular formula is C11H10N2OS. The Labute approximate surface area is 92.1 Å². The van der Waals surface area contributed by atoms with Crippen molar-refractivity contribution >= 4 is 12.2 Å². The summed E-state index contributed by atoms with van der Waals surface area (Å²) in [4.78, 5) is 4.47. The fourth-order valence-electron chi connectivity index (χ4n) is 2.23. The quantitative estimate of drug-likeness (QED) is 0.748. The Morgan fingerprint density at radius 3 is 3.07 bits per heavy atom. The van der Waals surface area contributed by atoms with Gasteiger partial charge in [-0.25, -0.2) is 5.16 Å². The van der Waals surface area contributed by atoms with Crippen molar-refractivity contribution in [1.82, 2.24) is 10.1 Å². The highest BCUT2D eigenvalue weighted by atomic mass is 32.1. The van der Waals surface area contributed by atoms with Gasteiger partial charge in [-0.05, 0) is 36.2 Å². The minimum absolute atomic E-state index is 0.286. The monoisotopic (exact) mass is 218 g/mol. The van der Waals surface area contributed by atoms with Gasteiger partial charge in [-0.3, -0.25) is 0 Å².